The Bertz CT molecular complexity index is 2860. The summed E-state index contributed by atoms with van der Waals surface area (Å²) in [7, 11) is 33.5. The summed E-state index contributed by atoms with van der Waals surface area (Å²) < 4.78 is 6.28. The topological polar surface area (TPSA) is 73.8 Å². The third-order valence-electron chi connectivity index (χ3n) is 10.0. The number of rotatable bonds is 3. The van der Waals surface area contributed by atoms with Crippen molar-refractivity contribution in [2.45, 2.75) is 0 Å². The molecule has 0 amide bonds. The van der Waals surface area contributed by atoms with Gasteiger partial charge in [0.25, 0.3) is 0 Å². The molecule has 51 heavy (non-hydrogen) atoms. The van der Waals surface area contributed by atoms with Crippen molar-refractivity contribution in [1.29, 1.82) is 0 Å². The SMILES string of the molecule is [B]c1c([B])c([B])c2c(-c3ccc(-c4ccccc4)cc3)c3c(O)c(O)c(O)c([B])c3c(-c3ccc4oc5ccc6ccccc6c5c4c3)c2c1[B]. The number of furan rings is 1. The molecule has 0 atom stereocenters. The lowest BCUT2D eigenvalue weighted by Crippen LogP contribution is -2.48. The van der Waals surface area contributed by atoms with Crippen LogP contribution in [0, 0.1) is 0 Å². The summed E-state index contributed by atoms with van der Waals surface area (Å²) in [5.41, 5.74) is 5.67. The first-order valence-electron chi connectivity index (χ1n) is 16.2. The molecule has 1 aromatic heterocycles. The second-order valence-electron chi connectivity index (χ2n) is 12.8. The molecule has 8 aromatic carbocycles. The second-order valence-corrected chi connectivity index (χ2v) is 12.8. The van der Waals surface area contributed by atoms with Crippen LogP contribution >= 0.6 is 0 Å². The van der Waals surface area contributed by atoms with E-state index >= 15 is 0 Å². The van der Waals surface area contributed by atoms with E-state index in [1.165, 1.54) is 0 Å². The lowest BCUT2D eigenvalue weighted by Gasteiger charge is -2.26. The first-order chi connectivity index (χ1) is 24.7. The molecule has 9 aromatic rings. The van der Waals surface area contributed by atoms with Crippen molar-refractivity contribution in [2.24, 2.45) is 0 Å². The minimum atomic E-state index is -0.773. The zero-order valence-electron chi connectivity index (χ0n) is 27.0. The molecule has 0 saturated heterocycles. The molecule has 1 heterocycles. The van der Waals surface area contributed by atoms with Gasteiger partial charge in [-0.3, -0.25) is 0 Å². The zero-order chi connectivity index (χ0) is 35.3. The first-order valence-corrected chi connectivity index (χ1v) is 16.2. The van der Waals surface area contributed by atoms with Crippen molar-refractivity contribution in [3.05, 3.63) is 109 Å². The number of fused-ring (bicyclic) bond motifs is 7. The molecule has 3 N–H and O–H groups in total. The number of hydrogen-bond donors (Lipinski definition) is 3. The van der Waals surface area contributed by atoms with E-state index in [0.717, 1.165) is 32.7 Å². The van der Waals surface area contributed by atoms with Crippen molar-refractivity contribution in [3.8, 4) is 50.6 Å². The molecule has 0 unspecified atom stereocenters. The van der Waals surface area contributed by atoms with Gasteiger partial charge in [0.1, 0.15) is 50.4 Å². The van der Waals surface area contributed by atoms with Crippen LogP contribution in [0.4, 0.5) is 0 Å². The van der Waals surface area contributed by atoms with Crippen LogP contribution in [0.15, 0.2) is 114 Å². The third-order valence-corrected chi connectivity index (χ3v) is 10.0. The van der Waals surface area contributed by atoms with Crippen LogP contribution in [0.2, 0.25) is 0 Å². The van der Waals surface area contributed by atoms with Gasteiger partial charge in [-0.2, -0.15) is 0 Å². The van der Waals surface area contributed by atoms with E-state index in [1.54, 1.807) is 0 Å². The number of phenolic OH excluding ortho intramolecular Hbond substituents is 3. The Hall–Kier alpha value is -5.94. The predicted octanol–water partition coefficient (Wildman–Crippen LogP) is 5.13. The smallest absolute Gasteiger partial charge is 0.200 e. The minimum absolute atomic E-state index is 0.0747. The first kappa shape index (κ1) is 31.1. The normalized spacial score (nSPS) is 11.8. The lowest BCUT2D eigenvalue weighted by molar-refractivity contribution is 0.373. The number of hydrogen-bond acceptors (Lipinski definition) is 4. The van der Waals surface area contributed by atoms with Crippen molar-refractivity contribution >= 4 is 121 Å². The summed E-state index contributed by atoms with van der Waals surface area (Å²) in [6.07, 6.45) is 0. The fraction of sp³-hybridized carbons (Fsp3) is 0. The Kier molecular flexibility index (Phi) is 6.88. The van der Waals surface area contributed by atoms with E-state index in [-0.39, 0.29) is 38.1 Å². The van der Waals surface area contributed by atoms with Gasteiger partial charge in [-0.1, -0.05) is 102 Å². The van der Waals surface area contributed by atoms with E-state index in [1.807, 2.05) is 109 Å². The van der Waals surface area contributed by atoms with Gasteiger partial charge in [0.05, 0.1) is 0 Å². The molecule has 0 spiro atoms. The standard InChI is InChI=1S/C42H21B5O4/c43-35-31-28(22-12-10-20(11-13-22)19-6-2-1-3-7-19)34-33(37(45)41(49)42(50)40(34)48)29(32(31)36(44)39(47)38(35)46)23-15-16-26-25(18-23)30-24-9-5-4-8-21(24)14-17-27(30)51-26/h1-18,48-50H. The van der Waals surface area contributed by atoms with E-state index in [0.29, 0.717) is 44.2 Å². The lowest BCUT2D eigenvalue weighted by atomic mass is 9.62. The van der Waals surface area contributed by atoms with E-state index in [2.05, 4.69) is 0 Å². The van der Waals surface area contributed by atoms with Gasteiger partial charge in [0.2, 0.25) is 0 Å². The molecule has 0 aliphatic carbocycles. The van der Waals surface area contributed by atoms with E-state index in [4.69, 9.17) is 43.6 Å². The molecule has 0 bridgehead atoms. The minimum Gasteiger partial charge on any atom is -0.505 e. The van der Waals surface area contributed by atoms with Crippen molar-refractivity contribution in [2.75, 3.05) is 0 Å². The third kappa shape index (κ3) is 4.40. The van der Waals surface area contributed by atoms with Crippen molar-refractivity contribution < 1.29 is 19.7 Å². The van der Waals surface area contributed by atoms with Crippen LogP contribution in [0.5, 0.6) is 17.2 Å². The molecule has 9 rings (SSSR count). The summed E-state index contributed by atoms with van der Waals surface area (Å²) in [5.74, 6) is -2.04. The summed E-state index contributed by atoms with van der Waals surface area (Å²) in [6.45, 7) is 0. The summed E-state index contributed by atoms with van der Waals surface area (Å²) in [5, 5.41) is 38.9. The number of benzene rings is 8. The van der Waals surface area contributed by atoms with Gasteiger partial charge in [-0.05, 0) is 78.4 Å². The Labute approximate surface area is 299 Å². The molecule has 0 saturated carbocycles. The number of aromatic hydroxyl groups is 3. The predicted molar refractivity (Wildman–Crippen MR) is 214 cm³/mol. The maximum absolute atomic E-state index is 11.7. The molecule has 10 radical (unpaired) electrons. The highest BCUT2D eigenvalue weighted by molar-refractivity contribution is 6.68. The maximum atomic E-state index is 11.7. The molecule has 0 fully saturated rings. The van der Waals surface area contributed by atoms with Gasteiger partial charge in [0, 0.05) is 21.7 Å². The molecule has 0 aliphatic heterocycles. The van der Waals surface area contributed by atoms with Gasteiger partial charge in [0.15, 0.2) is 17.2 Å². The van der Waals surface area contributed by atoms with Crippen LogP contribution < -0.4 is 27.3 Å². The quantitative estimate of drug-likeness (QED) is 0.142. The Morgan fingerprint density at radius 1 is 0.373 bits per heavy atom. The maximum Gasteiger partial charge on any atom is 0.200 e. The Balaban J connectivity index is 1.47. The average Bonchev–Trinajstić information content (AvgIpc) is 3.55. The highest BCUT2D eigenvalue weighted by Gasteiger charge is 2.28. The second kappa shape index (κ2) is 11.3. The van der Waals surface area contributed by atoms with Crippen LogP contribution in [0.1, 0.15) is 0 Å². The van der Waals surface area contributed by atoms with Crippen LogP contribution in [0.25, 0.3) is 87.6 Å². The largest absolute Gasteiger partial charge is 0.505 e. The van der Waals surface area contributed by atoms with E-state index < -0.39 is 17.2 Å². The van der Waals surface area contributed by atoms with Gasteiger partial charge < -0.3 is 19.7 Å². The van der Waals surface area contributed by atoms with Gasteiger partial charge in [-0.15, -0.1) is 10.9 Å². The molecule has 4 nitrogen and oxygen atoms in total. The summed E-state index contributed by atoms with van der Waals surface area (Å²) in [4.78, 5) is 0. The highest BCUT2D eigenvalue weighted by Crippen LogP contribution is 2.50. The highest BCUT2D eigenvalue weighted by atomic mass is 16.3. The molecule has 228 valence electrons. The fourth-order valence-electron chi connectivity index (χ4n) is 7.57. The molecular formula is C42H21B5O4. The molecule has 0 aliphatic rings. The average molecular weight is 644 g/mol. The fourth-order valence-corrected chi connectivity index (χ4v) is 7.57. The van der Waals surface area contributed by atoms with Crippen LogP contribution in [-0.2, 0) is 0 Å². The van der Waals surface area contributed by atoms with Crippen LogP contribution in [-0.4, -0.2) is 54.6 Å². The van der Waals surface area contributed by atoms with Crippen LogP contribution in [0.3, 0.4) is 0 Å². The molecule has 9 heteroatoms. The van der Waals surface area contributed by atoms with Crippen molar-refractivity contribution in [1.82, 2.24) is 0 Å². The van der Waals surface area contributed by atoms with Gasteiger partial charge in [-0.25, -0.2) is 0 Å². The Morgan fingerprint density at radius 3 is 1.63 bits per heavy atom. The summed E-state index contributed by atoms with van der Waals surface area (Å²) in [6, 6.07) is 35.2. The molecular weight excluding hydrogens is 623 g/mol. The van der Waals surface area contributed by atoms with E-state index in [9.17, 15) is 15.3 Å². The van der Waals surface area contributed by atoms with Crippen molar-refractivity contribution in [3.63, 3.8) is 0 Å². The zero-order valence-corrected chi connectivity index (χ0v) is 27.0. The summed E-state index contributed by atoms with van der Waals surface area (Å²) >= 11 is 0. The number of phenols is 3. The Morgan fingerprint density at radius 2 is 0.922 bits per heavy atom. The van der Waals surface area contributed by atoms with Gasteiger partial charge >= 0.3 is 0 Å². The monoisotopic (exact) mass is 644 g/mol.